The van der Waals surface area contributed by atoms with Gasteiger partial charge in [0.15, 0.2) is 0 Å². The molecule has 0 amide bonds. The number of anilines is 1. The van der Waals surface area contributed by atoms with Crippen LogP contribution in [0.15, 0.2) is 53.9 Å². The number of nitrogens with zero attached hydrogens (tertiary/aromatic N) is 3. The Balaban J connectivity index is 1.59. The van der Waals surface area contributed by atoms with Crippen LogP contribution in [0.2, 0.25) is 0 Å². The summed E-state index contributed by atoms with van der Waals surface area (Å²) in [5, 5.41) is 13.8. The Hall–Kier alpha value is -2.73. The molecule has 0 N–H and O–H groups in total. The van der Waals surface area contributed by atoms with Crippen molar-refractivity contribution < 1.29 is 4.92 Å². The van der Waals surface area contributed by atoms with Gasteiger partial charge in [0.1, 0.15) is 5.82 Å². The van der Waals surface area contributed by atoms with Gasteiger partial charge in [0.05, 0.1) is 10.4 Å². The van der Waals surface area contributed by atoms with Crippen molar-refractivity contribution in [1.29, 1.82) is 0 Å². The van der Waals surface area contributed by atoms with Gasteiger partial charge in [-0.1, -0.05) is 12.1 Å². The number of nitro groups is 1. The van der Waals surface area contributed by atoms with Gasteiger partial charge < -0.3 is 4.90 Å². The van der Waals surface area contributed by atoms with E-state index in [9.17, 15) is 10.1 Å². The van der Waals surface area contributed by atoms with Gasteiger partial charge in [-0.25, -0.2) is 4.98 Å². The maximum atomic E-state index is 10.9. The van der Waals surface area contributed by atoms with E-state index in [1.807, 2.05) is 12.1 Å². The summed E-state index contributed by atoms with van der Waals surface area (Å²) in [4.78, 5) is 18.7. The molecule has 0 saturated carbocycles. The molecular weight excluding hydrogens is 322 g/mol. The van der Waals surface area contributed by atoms with E-state index in [2.05, 4.69) is 33.5 Å². The number of fused-ring (bicyclic) bond motifs is 1. The molecule has 2 aromatic heterocycles. The first-order valence-corrected chi connectivity index (χ1v) is 8.62. The summed E-state index contributed by atoms with van der Waals surface area (Å²) < 4.78 is 0. The minimum absolute atomic E-state index is 0.0959. The summed E-state index contributed by atoms with van der Waals surface area (Å²) in [5.74, 6) is 0.915. The molecule has 0 radical (unpaired) electrons. The second-order valence-corrected chi connectivity index (χ2v) is 6.65. The zero-order valence-electron chi connectivity index (χ0n) is 12.9. The van der Waals surface area contributed by atoms with E-state index < -0.39 is 0 Å². The van der Waals surface area contributed by atoms with E-state index in [-0.39, 0.29) is 10.6 Å². The van der Waals surface area contributed by atoms with Crippen LogP contribution in [0.25, 0.3) is 16.5 Å². The lowest BCUT2D eigenvalue weighted by Gasteiger charge is -2.27. The number of hydrogen-bond donors (Lipinski definition) is 0. The van der Waals surface area contributed by atoms with Crippen LogP contribution in [0.3, 0.4) is 0 Å². The van der Waals surface area contributed by atoms with E-state index in [0.717, 1.165) is 36.2 Å². The molecule has 0 atom stereocenters. The van der Waals surface area contributed by atoms with Gasteiger partial charge in [-0.05, 0) is 41.6 Å². The fourth-order valence-electron chi connectivity index (χ4n) is 2.95. The van der Waals surface area contributed by atoms with Crippen molar-refractivity contribution in [3.05, 3.63) is 68.9 Å². The first-order valence-electron chi connectivity index (χ1n) is 7.74. The van der Waals surface area contributed by atoms with Crippen molar-refractivity contribution >= 4 is 39.3 Å². The largest absolute Gasteiger partial charge is 0.353 e. The van der Waals surface area contributed by atoms with Crippen LogP contribution < -0.4 is 4.90 Å². The molecule has 0 aliphatic carbocycles. The molecule has 4 rings (SSSR count). The minimum atomic E-state index is -0.380. The Bertz CT molecular complexity index is 935. The average Bonchev–Trinajstić information content (AvgIpc) is 3.15. The molecule has 0 spiro atoms. The second kappa shape index (κ2) is 6.05. The van der Waals surface area contributed by atoms with Gasteiger partial charge in [0.25, 0.3) is 5.69 Å². The lowest BCUT2D eigenvalue weighted by molar-refractivity contribution is -0.384. The van der Waals surface area contributed by atoms with E-state index >= 15 is 0 Å². The molecule has 0 bridgehead atoms. The van der Waals surface area contributed by atoms with Gasteiger partial charge in [0.2, 0.25) is 0 Å². The first kappa shape index (κ1) is 14.8. The SMILES string of the molecule is O=[N+]([O-])c1ccc2nc(N3CC=C(c4cccs4)CC3)ccc2c1. The molecule has 0 unspecified atom stereocenters. The molecule has 1 aliphatic rings. The highest BCUT2D eigenvalue weighted by Crippen LogP contribution is 2.29. The molecule has 3 heterocycles. The predicted octanol–water partition coefficient (Wildman–Crippen LogP) is 4.50. The monoisotopic (exact) mass is 337 g/mol. The fourth-order valence-corrected chi connectivity index (χ4v) is 3.75. The van der Waals surface area contributed by atoms with Crippen LogP contribution >= 0.6 is 11.3 Å². The van der Waals surface area contributed by atoms with Gasteiger partial charge in [-0.15, -0.1) is 11.3 Å². The van der Waals surface area contributed by atoms with Gasteiger partial charge in [0, 0.05) is 35.5 Å². The van der Waals surface area contributed by atoms with Gasteiger partial charge in [-0.3, -0.25) is 10.1 Å². The van der Waals surface area contributed by atoms with Crippen LogP contribution in [0.1, 0.15) is 11.3 Å². The Morgan fingerprint density at radius 1 is 1.21 bits per heavy atom. The lowest BCUT2D eigenvalue weighted by Crippen LogP contribution is -2.28. The van der Waals surface area contributed by atoms with E-state index in [1.54, 1.807) is 23.5 Å². The van der Waals surface area contributed by atoms with Crippen LogP contribution in [-0.2, 0) is 0 Å². The normalized spacial score (nSPS) is 14.7. The Kier molecular flexibility index (Phi) is 3.74. The van der Waals surface area contributed by atoms with Crippen molar-refractivity contribution in [2.24, 2.45) is 0 Å². The highest BCUT2D eigenvalue weighted by molar-refractivity contribution is 7.11. The van der Waals surface area contributed by atoms with Crippen molar-refractivity contribution in [2.75, 3.05) is 18.0 Å². The molecule has 3 aromatic rings. The zero-order valence-corrected chi connectivity index (χ0v) is 13.7. The maximum Gasteiger partial charge on any atom is 0.270 e. The Morgan fingerprint density at radius 3 is 2.83 bits per heavy atom. The number of aromatic nitrogens is 1. The maximum absolute atomic E-state index is 10.9. The minimum Gasteiger partial charge on any atom is -0.353 e. The summed E-state index contributed by atoms with van der Waals surface area (Å²) in [7, 11) is 0. The number of non-ortho nitro benzene ring substituents is 1. The predicted molar refractivity (Wildman–Crippen MR) is 97.5 cm³/mol. The van der Waals surface area contributed by atoms with E-state index in [1.165, 1.54) is 16.5 Å². The van der Waals surface area contributed by atoms with Crippen molar-refractivity contribution in [1.82, 2.24) is 4.98 Å². The number of benzene rings is 1. The van der Waals surface area contributed by atoms with Crippen molar-refractivity contribution in [3.8, 4) is 0 Å². The summed E-state index contributed by atoms with van der Waals surface area (Å²) >= 11 is 1.77. The third kappa shape index (κ3) is 2.76. The number of nitro benzene ring substituents is 1. The number of rotatable bonds is 3. The molecule has 6 heteroatoms. The molecule has 120 valence electrons. The molecule has 1 aromatic carbocycles. The van der Waals surface area contributed by atoms with E-state index in [0.29, 0.717) is 0 Å². The summed E-state index contributed by atoms with van der Waals surface area (Å²) in [6.45, 7) is 1.76. The van der Waals surface area contributed by atoms with Crippen molar-refractivity contribution in [2.45, 2.75) is 6.42 Å². The van der Waals surface area contributed by atoms with Gasteiger partial charge in [-0.2, -0.15) is 0 Å². The first-order chi connectivity index (χ1) is 11.7. The topological polar surface area (TPSA) is 59.3 Å². The Labute approximate surface area is 143 Å². The lowest BCUT2D eigenvalue weighted by atomic mass is 10.1. The number of pyridine rings is 1. The summed E-state index contributed by atoms with van der Waals surface area (Å²) in [6.07, 6.45) is 3.26. The number of thiophene rings is 1. The highest BCUT2D eigenvalue weighted by atomic mass is 32.1. The second-order valence-electron chi connectivity index (χ2n) is 5.71. The average molecular weight is 337 g/mol. The Morgan fingerprint density at radius 2 is 2.12 bits per heavy atom. The van der Waals surface area contributed by atoms with Crippen LogP contribution in [0.5, 0.6) is 0 Å². The quantitative estimate of drug-likeness (QED) is 0.521. The van der Waals surface area contributed by atoms with Gasteiger partial charge >= 0.3 is 0 Å². The van der Waals surface area contributed by atoms with Crippen LogP contribution in [0.4, 0.5) is 11.5 Å². The smallest absolute Gasteiger partial charge is 0.270 e. The molecule has 5 nitrogen and oxygen atoms in total. The zero-order chi connectivity index (χ0) is 16.5. The number of hydrogen-bond acceptors (Lipinski definition) is 5. The summed E-state index contributed by atoms with van der Waals surface area (Å²) in [6, 6.07) is 12.9. The molecule has 24 heavy (non-hydrogen) atoms. The van der Waals surface area contributed by atoms with Crippen LogP contribution in [-0.4, -0.2) is 23.0 Å². The molecule has 0 saturated heterocycles. The van der Waals surface area contributed by atoms with Crippen LogP contribution in [0, 0.1) is 10.1 Å². The molecular formula is C18H15N3O2S. The highest BCUT2D eigenvalue weighted by Gasteiger charge is 2.15. The summed E-state index contributed by atoms with van der Waals surface area (Å²) in [5.41, 5.74) is 2.28. The molecule has 1 aliphatic heterocycles. The van der Waals surface area contributed by atoms with Crippen molar-refractivity contribution in [3.63, 3.8) is 0 Å². The van der Waals surface area contributed by atoms with E-state index in [4.69, 9.17) is 0 Å². The fraction of sp³-hybridized carbons (Fsp3) is 0.167. The standard InChI is InChI=1S/C18H15N3O2S/c22-21(23)15-4-5-16-14(12-15)3-6-18(19-16)20-9-7-13(8-10-20)17-2-1-11-24-17/h1-7,11-12H,8-10H2. The third-order valence-electron chi connectivity index (χ3n) is 4.24. The third-order valence-corrected chi connectivity index (χ3v) is 5.19. The molecule has 0 fully saturated rings.